The molecule has 0 bridgehead atoms. The number of hydrogen-bond donors (Lipinski definition) is 4. The first kappa shape index (κ1) is 27.8. The van der Waals surface area contributed by atoms with Crippen molar-refractivity contribution in [3.8, 4) is 0 Å². The van der Waals surface area contributed by atoms with Crippen molar-refractivity contribution in [1.82, 2.24) is 0 Å². The SMILES string of the molecule is CC=CC=CC(O)=C1C(O)=C(C)C(=O)C2(C)OC3(O)C(C)(O)CC(C(=O)CCC=CC)C(=O)C3(C)C12. The van der Waals surface area contributed by atoms with Crippen LogP contribution in [0.5, 0.6) is 0 Å². The van der Waals surface area contributed by atoms with Gasteiger partial charge in [0.05, 0.1) is 11.3 Å². The first-order valence-corrected chi connectivity index (χ1v) is 12.2. The lowest BCUT2D eigenvalue weighted by Crippen LogP contribution is -2.70. The summed E-state index contributed by atoms with van der Waals surface area (Å²) in [5.74, 6) is -8.03. The zero-order valence-electron chi connectivity index (χ0n) is 21.7. The number of carbonyl (C=O) groups is 3. The van der Waals surface area contributed by atoms with Gasteiger partial charge in [-0.05, 0) is 60.5 Å². The third-order valence-electron chi connectivity index (χ3n) is 8.06. The number of rotatable bonds is 6. The molecule has 3 rings (SSSR count). The fraction of sp³-hybridized carbons (Fsp3) is 0.536. The summed E-state index contributed by atoms with van der Waals surface area (Å²) in [7, 11) is 0. The molecule has 0 aromatic heterocycles. The number of fused-ring (bicyclic) bond motifs is 3. The van der Waals surface area contributed by atoms with Crippen molar-refractivity contribution in [2.75, 3.05) is 0 Å². The third-order valence-corrected chi connectivity index (χ3v) is 8.06. The molecule has 3 aliphatic rings. The van der Waals surface area contributed by atoms with Crippen LogP contribution in [0.25, 0.3) is 0 Å². The van der Waals surface area contributed by atoms with Crippen molar-refractivity contribution in [2.24, 2.45) is 17.3 Å². The summed E-state index contributed by atoms with van der Waals surface area (Å²) < 4.78 is 5.98. The molecule has 1 aliphatic heterocycles. The van der Waals surface area contributed by atoms with Crippen LogP contribution >= 0.6 is 0 Å². The molecular weight excluding hydrogens is 464 g/mol. The summed E-state index contributed by atoms with van der Waals surface area (Å²) in [5.41, 5.74) is -6.37. The van der Waals surface area contributed by atoms with E-state index in [1.54, 1.807) is 31.2 Å². The van der Waals surface area contributed by atoms with Crippen LogP contribution in [-0.4, -0.2) is 54.8 Å². The van der Waals surface area contributed by atoms with Gasteiger partial charge >= 0.3 is 0 Å². The van der Waals surface area contributed by atoms with Crippen LogP contribution in [0.15, 0.2) is 59.1 Å². The summed E-state index contributed by atoms with van der Waals surface area (Å²) in [6.45, 7) is 8.90. The maximum Gasteiger partial charge on any atom is 0.209 e. The predicted octanol–water partition coefficient (Wildman–Crippen LogP) is 3.71. The van der Waals surface area contributed by atoms with Gasteiger partial charge in [-0.25, -0.2) is 0 Å². The second kappa shape index (κ2) is 9.25. The highest BCUT2D eigenvalue weighted by atomic mass is 16.7. The van der Waals surface area contributed by atoms with Gasteiger partial charge < -0.3 is 25.2 Å². The number of aliphatic hydroxyl groups excluding tert-OH is 2. The highest BCUT2D eigenvalue weighted by Crippen LogP contribution is 2.67. The highest BCUT2D eigenvalue weighted by molar-refractivity contribution is 6.10. The van der Waals surface area contributed by atoms with Gasteiger partial charge in [0.25, 0.3) is 0 Å². The molecule has 1 saturated heterocycles. The Morgan fingerprint density at radius 2 is 1.75 bits per heavy atom. The van der Waals surface area contributed by atoms with E-state index >= 15 is 0 Å². The smallest absolute Gasteiger partial charge is 0.209 e. The van der Waals surface area contributed by atoms with Gasteiger partial charge in [0.15, 0.2) is 11.6 Å². The molecule has 2 fully saturated rings. The van der Waals surface area contributed by atoms with Crippen LogP contribution < -0.4 is 0 Å². The van der Waals surface area contributed by atoms with Gasteiger partial charge in [0.1, 0.15) is 28.5 Å². The molecule has 6 atom stereocenters. The summed E-state index contributed by atoms with van der Waals surface area (Å²) in [6, 6.07) is 0. The van der Waals surface area contributed by atoms with Crippen molar-refractivity contribution >= 4 is 17.3 Å². The zero-order valence-corrected chi connectivity index (χ0v) is 21.7. The standard InChI is InChI=1S/C28H36O8/c1-7-9-11-13-18(29)17-15-25(4,34)28(35)26(5,24(17)33)22-20(19(30)14-12-10-8-2)21(31)16(3)23(32)27(22,6)36-28/h7-10,12,14,17,22,30-31,34-35H,11,13,15H2,1-6H3. The van der Waals surface area contributed by atoms with Crippen LogP contribution in [0.1, 0.15) is 60.8 Å². The fourth-order valence-corrected chi connectivity index (χ4v) is 6.19. The average molecular weight is 501 g/mol. The Morgan fingerprint density at radius 3 is 2.33 bits per heavy atom. The molecule has 196 valence electrons. The summed E-state index contributed by atoms with van der Waals surface area (Å²) in [4.78, 5) is 40.7. The van der Waals surface area contributed by atoms with E-state index in [0.29, 0.717) is 6.42 Å². The lowest BCUT2D eigenvalue weighted by molar-refractivity contribution is -0.333. The molecule has 0 aromatic carbocycles. The van der Waals surface area contributed by atoms with Gasteiger partial charge in [0, 0.05) is 23.5 Å². The maximum atomic E-state index is 14.1. The number of Topliss-reactive ketones (excluding diaryl/α,β-unsaturated/α-hetero) is 3. The second-order valence-corrected chi connectivity index (χ2v) is 10.4. The van der Waals surface area contributed by atoms with E-state index in [0.717, 1.165) is 0 Å². The molecule has 2 aliphatic carbocycles. The average Bonchev–Trinajstić information content (AvgIpc) is 3.01. The van der Waals surface area contributed by atoms with Crippen molar-refractivity contribution in [3.63, 3.8) is 0 Å². The molecule has 0 radical (unpaired) electrons. The zero-order chi connectivity index (χ0) is 27.3. The second-order valence-electron chi connectivity index (χ2n) is 10.4. The van der Waals surface area contributed by atoms with E-state index in [2.05, 4.69) is 0 Å². The van der Waals surface area contributed by atoms with Crippen molar-refractivity contribution in [2.45, 2.75) is 77.8 Å². The number of ketones is 3. The van der Waals surface area contributed by atoms with Gasteiger partial charge in [-0.1, -0.05) is 30.4 Å². The molecule has 1 saturated carbocycles. The highest BCUT2D eigenvalue weighted by Gasteiger charge is 2.82. The van der Waals surface area contributed by atoms with Crippen molar-refractivity contribution in [1.29, 1.82) is 0 Å². The summed E-state index contributed by atoms with van der Waals surface area (Å²) in [5, 5.41) is 45.4. The van der Waals surface area contributed by atoms with Crippen LogP contribution in [-0.2, 0) is 19.1 Å². The minimum Gasteiger partial charge on any atom is -0.508 e. The number of allylic oxidation sites excluding steroid dienone is 7. The quantitative estimate of drug-likeness (QED) is 0.187. The topological polar surface area (TPSA) is 141 Å². The van der Waals surface area contributed by atoms with E-state index < -0.39 is 69.5 Å². The molecule has 8 nitrogen and oxygen atoms in total. The molecule has 0 aromatic rings. The number of aliphatic hydroxyl groups is 4. The lowest BCUT2D eigenvalue weighted by atomic mass is 9.51. The Morgan fingerprint density at radius 1 is 1.11 bits per heavy atom. The number of carbonyl (C=O) groups excluding carboxylic acids is 3. The first-order valence-electron chi connectivity index (χ1n) is 12.2. The third kappa shape index (κ3) is 3.66. The molecule has 8 heteroatoms. The Balaban J connectivity index is 2.30. The normalized spacial score (nSPS) is 40.4. The molecule has 0 amide bonds. The van der Waals surface area contributed by atoms with Crippen LogP contribution in [0.4, 0.5) is 0 Å². The number of ether oxygens (including phenoxy) is 1. The van der Waals surface area contributed by atoms with Crippen LogP contribution in [0, 0.1) is 17.3 Å². The predicted molar refractivity (Wildman–Crippen MR) is 133 cm³/mol. The monoisotopic (exact) mass is 500 g/mol. The lowest BCUT2D eigenvalue weighted by Gasteiger charge is -2.53. The van der Waals surface area contributed by atoms with E-state index in [1.807, 2.05) is 6.92 Å². The largest absolute Gasteiger partial charge is 0.508 e. The van der Waals surface area contributed by atoms with Crippen LogP contribution in [0.3, 0.4) is 0 Å². The molecular formula is C28H36O8. The van der Waals surface area contributed by atoms with E-state index in [9.17, 15) is 34.8 Å². The Hall–Kier alpha value is -2.81. The van der Waals surface area contributed by atoms with E-state index in [1.165, 1.54) is 39.8 Å². The Bertz CT molecular complexity index is 1140. The molecule has 1 heterocycles. The molecule has 6 unspecified atom stereocenters. The van der Waals surface area contributed by atoms with Gasteiger partial charge in [-0.2, -0.15) is 0 Å². The van der Waals surface area contributed by atoms with Crippen molar-refractivity contribution < 1.29 is 39.5 Å². The minimum atomic E-state index is -2.59. The molecule has 36 heavy (non-hydrogen) atoms. The van der Waals surface area contributed by atoms with E-state index in [-0.39, 0.29) is 17.6 Å². The fourth-order valence-electron chi connectivity index (χ4n) is 6.19. The summed E-state index contributed by atoms with van der Waals surface area (Å²) >= 11 is 0. The number of hydrogen-bond acceptors (Lipinski definition) is 8. The van der Waals surface area contributed by atoms with Gasteiger partial charge in [0.2, 0.25) is 5.79 Å². The van der Waals surface area contributed by atoms with Gasteiger partial charge in [-0.15, -0.1) is 0 Å². The summed E-state index contributed by atoms with van der Waals surface area (Å²) in [6.07, 6.45) is 9.79. The Labute approximate surface area is 211 Å². The van der Waals surface area contributed by atoms with Crippen LogP contribution in [0.2, 0.25) is 0 Å². The Kier molecular flexibility index (Phi) is 7.13. The molecule has 0 spiro atoms. The van der Waals surface area contributed by atoms with Crippen molar-refractivity contribution in [3.05, 3.63) is 59.1 Å². The van der Waals surface area contributed by atoms with Gasteiger partial charge in [-0.3, -0.25) is 14.4 Å². The maximum absolute atomic E-state index is 14.1. The first-order chi connectivity index (χ1) is 16.7. The van der Waals surface area contributed by atoms with E-state index in [4.69, 9.17) is 4.74 Å². The minimum absolute atomic E-state index is 0.0529. The molecule has 4 N–H and O–H groups in total.